The monoisotopic (exact) mass is 1140 g/mol. The molecule has 1 atom stereocenters. The van der Waals surface area contributed by atoms with Crippen molar-refractivity contribution >= 4 is 17.9 Å². The minimum Gasteiger partial charge on any atom is -0.462 e. The molecule has 0 rings (SSSR count). The molecule has 0 bridgehead atoms. The molecule has 0 saturated carbocycles. The highest BCUT2D eigenvalue weighted by Crippen LogP contribution is 2.19. The van der Waals surface area contributed by atoms with Gasteiger partial charge in [0.05, 0.1) is 0 Å². The van der Waals surface area contributed by atoms with E-state index in [-0.39, 0.29) is 31.1 Å². The van der Waals surface area contributed by atoms with Crippen LogP contribution in [0.2, 0.25) is 0 Å². The highest BCUT2D eigenvalue weighted by Gasteiger charge is 2.19. The molecule has 0 heterocycles. The third-order valence-corrected chi connectivity index (χ3v) is 16.3. The summed E-state index contributed by atoms with van der Waals surface area (Å²) in [5.74, 6) is -0.832. The molecule has 0 aliphatic rings. The highest BCUT2D eigenvalue weighted by atomic mass is 16.6. The van der Waals surface area contributed by atoms with Gasteiger partial charge in [-0.2, -0.15) is 0 Å². The van der Waals surface area contributed by atoms with Crippen LogP contribution in [0.3, 0.4) is 0 Å². The van der Waals surface area contributed by atoms with Crippen molar-refractivity contribution in [2.45, 2.75) is 399 Å². The van der Waals surface area contributed by atoms with E-state index in [0.717, 1.165) is 83.5 Å². The highest BCUT2D eigenvalue weighted by molar-refractivity contribution is 5.71. The Labute approximate surface area is 505 Å². The number of ether oxygens (including phenoxy) is 3. The molecule has 6 nitrogen and oxygen atoms in total. The third-order valence-electron chi connectivity index (χ3n) is 16.3. The summed E-state index contributed by atoms with van der Waals surface area (Å²) in [7, 11) is 0. The lowest BCUT2D eigenvalue weighted by Crippen LogP contribution is -2.30. The first-order valence-electron chi connectivity index (χ1n) is 36.1. The van der Waals surface area contributed by atoms with E-state index in [9.17, 15) is 14.4 Å². The summed E-state index contributed by atoms with van der Waals surface area (Å²) in [6.45, 7) is 6.60. The summed E-state index contributed by atoms with van der Waals surface area (Å²) < 4.78 is 17.0. The van der Waals surface area contributed by atoms with Gasteiger partial charge in [0.1, 0.15) is 13.2 Å². The van der Waals surface area contributed by atoms with Crippen molar-refractivity contribution in [2.75, 3.05) is 13.2 Å². The van der Waals surface area contributed by atoms with Crippen LogP contribution in [0.1, 0.15) is 393 Å². The lowest BCUT2D eigenvalue weighted by atomic mass is 10.0. The van der Waals surface area contributed by atoms with Gasteiger partial charge in [0.15, 0.2) is 6.10 Å². The maximum absolute atomic E-state index is 12.9. The van der Waals surface area contributed by atoms with Gasteiger partial charge in [-0.1, -0.05) is 365 Å². The fraction of sp³-hybridized carbons (Fsp3) is 0.853. The van der Waals surface area contributed by atoms with Crippen LogP contribution < -0.4 is 0 Å². The van der Waals surface area contributed by atoms with Crippen LogP contribution in [0, 0.1) is 0 Å². The molecule has 0 aliphatic carbocycles. The Kier molecular flexibility index (Phi) is 67.6. The summed E-state index contributed by atoms with van der Waals surface area (Å²) in [6, 6.07) is 0. The average molecular weight is 1140 g/mol. The van der Waals surface area contributed by atoms with Crippen LogP contribution in [0.5, 0.6) is 0 Å². The number of hydrogen-bond donors (Lipinski definition) is 0. The first kappa shape index (κ1) is 78.4. The summed E-state index contributed by atoms with van der Waals surface area (Å²) in [5.41, 5.74) is 0. The smallest absolute Gasteiger partial charge is 0.306 e. The zero-order valence-electron chi connectivity index (χ0n) is 54.6. The maximum atomic E-state index is 12.9. The van der Waals surface area contributed by atoms with E-state index in [1.807, 2.05) is 0 Å². The predicted octanol–water partition coefficient (Wildman–Crippen LogP) is 24.9. The molecule has 0 spiro atoms. The second kappa shape index (κ2) is 69.9. The number of allylic oxidation sites excluding steroid dienone is 8. The van der Waals surface area contributed by atoms with Gasteiger partial charge in [0.2, 0.25) is 0 Å². The molecule has 81 heavy (non-hydrogen) atoms. The summed E-state index contributed by atoms with van der Waals surface area (Å²) in [5, 5.41) is 0. The molecule has 0 aromatic carbocycles. The van der Waals surface area contributed by atoms with E-state index in [1.165, 1.54) is 270 Å². The molecule has 1 unspecified atom stereocenters. The molecule has 0 aromatic rings. The topological polar surface area (TPSA) is 78.9 Å². The fourth-order valence-corrected chi connectivity index (χ4v) is 11.0. The fourth-order valence-electron chi connectivity index (χ4n) is 11.0. The number of unbranched alkanes of at least 4 members (excludes halogenated alkanes) is 48. The van der Waals surface area contributed by atoms with Crippen LogP contribution in [0.15, 0.2) is 48.6 Å². The standard InChI is InChI=1S/C75H138O6/c1-4-7-10-13-16-19-22-25-27-29-30-31-32-33-34-35-36-37-38-39-40-41-42-43-44-46-47-50-53-56-59-62-65-68-74(77)80-71-72(70-79-73(76)67-64-61-58-55-52-49-24-21-18-15-12-9-6-3)81-75(78)69-66-63-60-57-54-51-48-45-28-26-23-20-17-14-11-8-5-2/h7,10,16,19,25,27,30-31,72H,4-6,8-9,11-15,17-18,20-24,26,28-29,32-71H2,1-3H3/b10-7-,19-16-,27-25-,31-30-. The van der Waals surface area contributed by atoms with Crippen LogP contribution in [-0.4, -0.2) is 37.2 Å². The quantitative estimate of drug-likeness (QED) is 0.0261. The predicted molar refractivity (Wildman–Crippen MR) is 353 cm³/mol. The van der Waals surface area contributed by atoms with Gasteiger partial charge in [-0.15, -0.1) is 0 Å². The Morgan fingerprint density at radius 1 is 0.259 bits per heavy atom. The minimum absolute atomic E-state index is 0.0643. The molecule has 474 valence electrons. The van der Waals surface area contributed by atoms with Crippen molar-refractivity contribution in [1.29, 1.82) is 0 Å². The van der Waals surface area contributed by atoms with E-state index in [1.54, 1.807) is 0 Å². The van der Waals surface area contributed by atoms with Crippen molar-refractivity contribution in [2.24, 2.45) is 0 Å². The van der Waals surface area contributed by atoms with E-state index in [0.29, 0.717) is 19.3 Å². The summed E-state index contributed by atoms with van der Waals surface area (Å²) in [4.78, 5) is 38.4. The summed E-state index contributed by atoms with van der Waals surface area (Å²) >= 11 is 0. The van der Waals surface area contributed by atoms with E-state index in [4.69, 9.17) is 14.2 Å². The van der Waals surface area contributed by atoms with Gasteiger partial charge in [-0.05, 0) is 57.8 Å². The molecular weight excluding hydrogens is 997 g/mol. The molecule has 0 saturated heterocycles. The average Bonchev–Trinajstić information content (AvgIpc) is 3.46. The van der Waals surface area contributed by atoms with Crippen molar-refractivity contribution in [1.82, 2.24) is 0 Å². The van der Waals surface area contributed by atoms with Crippen molar-refractivity contribution < 1.29 is 28.6 Å². The van der Waals surface area contributed by atoms with Crippen LogP contribution in [0.4, 0.5) is 0 Å². The first-order chi connectivity index (χ1) is 40.0. The van der Waals surface area contributed by atoms with Crippen molar-refractivity contribution in [3.8, 4) is 0 Å². The molecular formula is C75H138O6. The van der Waals surface area contributed by atoms with Crippen LogP contribution in [0.25, 0.3) is 0 Å². The van der Waals surface area contributed by atoms with Gasteiger partial charge in [0, 0.05) is 19.3 Å². The second-order valence-corrected chi connectivity index (χ2v) is 24.5. The molecule has 0 aromatic heterocycles. The zero-order chi connectivity index (χ0) is 58.5. The molecule has 0 radical (unpaired) electrons. The Hall–Kier alpha value is -2.63. The van der Waals surface area contributed by atoms with Gasteiger partial charge in [-0.3, -0.25) is 14.4 Å². The molecule has 6 heteroatoms. The maximum Gasteiger partial charge on any atom is 0.306 e. The number of hydrogen-bond acceptors (Lipinski definition) is 6. The normalized spacial score (nSPS) is 12.3. The van der Waals surface area contributed by atoms with Gasteiger partial charge in [0.25, 0.3) is 0 Å². The van der Waals surface area contributed by atoms with Gasteiger partial charge >= 0.3 is 17.9 Å². The molecule has 0 fully saturated rings. The number of carbonyl (C=O) groups is 3. The summed E-state index contributed by atoms with van der Waals surface area (Å²) in [6.07, 6.45) is 88.7. The minimum atomic E-state index is -0.767. The van der Waals surface area contributed by atoms with E-state index in [2.05, 4.69) is 69.4 Å². The lowest BCUT2D eigenvalue weighted by Gasteiger charge is -2.18. The van der Waals surface area contributed by atoms with Crippen LogP contribution >= 0.6 is 0 Å². The molecule has 0 aliphatic heterocycles. The van der Waals surface area contributed by atoms with Gasteiger partial charge in [-0.25, -0.2) is 0 Å². The number of carbonyl (C=O) groups excluding carboxylic acids is 3. The Bertz CT molecular complexity index is 1400. The van der Waals surface area contributed by atoms with Crippen LogP contribution in [-0.2, 0) is 28.6 Å². The Balaban J connectivity index is 4.11. The van der Waals surface area contributed by atoms with Crippen molar-refractivity contribution in [3.05, 3.63) is 48.6 Å². The number of rotatable bonds is 67. The lowest BCUT2D eigenvalue weighted by molar-refractivity contribution is -0.167. The SMILES string of the molecule is CC/C=C\C/C=C\C/C=C\C/C=C\CCCCCCCCCCCCCCCCCCCCCCC(=O)OCC(COC(=O)CCCCCCCCCCCCCCC)OC(=O)CCCCCCCCCCCCCCCCCCC. The van der Waals surface area contributed by atoms with E-state index >= 15 is 0 Å². The first-order valence-corrected chi connectivity index (χ1v) is 36.1. The largest absolute Gasteiger partial charge is 0.462 e. The molecule has 0 amide bonds. The Morgan fingerprint density at radius 3 is 0.753 bits per heavy atom. The number of esters is 3. The van der Waals surface area contributed by atoms with E-state index < -0.39 is 6.10 Å². The zero-order valence-corrected chi connectivity index (χ0v) is 54.6. The third kappa shape index (κ3) is 68.0. The second-order valence-electron chi connectivity index (χ2n) is 24.5. The van der Waals surface area contributed by atoms with Crippen molar-refractivity contribution in [3.63, 3.8) is 0 Å². The van der Waals surface area contributed by atoms with Gasteiger partial charge < -0.3 is 14.2 Å². The molecule has 0 N–H and O–H groups in total. The Morgan fingerprint density at radius 2 is 0.481 bits per heavy atom.